The van der Waals surface area contributed by atoms with Crippen LogP contribution in [0.5, 0.6) is 0 Å². The minimum absolute atomic E-state index is 0. The van der Waals surface area contributed by atoms with Crippen LogP contribution in [0.15, 0.2) is 0 Å². The standard InChI is InChI=1S/C17H34N2O.ClH/c1-15(2)8-9-16-10-13-19(14-11-16)17(20)7-5-3-4-6-12-18;/h15-16H,3-14,18H2,1-2H3;1H. The lowest BCUT2D eigenvalue weighted by molar-refractivity contribution is -0.132. The molecule has 1 saturated heterocycles. The molecule has 0 aliphatic carbocycles. The van der Waals surface area contributed by atoms with Gasteiger partial charge in [-0.05, 0) is 44.1 Å². The van der Waals surface area contributed by atoms with Crippen LogP contribution >= 0.6 is 12.4 Å². The fraction of sp³-hybridized carbons (Fsp3) is 0.941. The number of carbonyl (C=O) groups excluding carboxylic acids is 1. The molecule has 0 saturated carbocycles. The number of nitrogens with zero attached hydrogens (tertiary/aromatic N) is 1. The Balaban J connectivity index is 0.00000400. The molecule has 1 heterocycles. The summed E-state index contributed by atoms with van der Waals surface area (Å²) in [5.41, 5.74) is 5.47. The molecule has 0 spiro atoms. The highest BCUT2D eigenvalue weighted by molar-refractivity contribution is 5.85. The Morgan fingerprint density at radius 1 is 1.14 bits per heavy atom. The monoisotopic (exact) mass is 318 g/mol. The average molecular weight is 319 g/mol. The molecule has 0 atom stereocenters. The second-order valence-corrected chi connectivity index (χ2v) is 6.75. The third kappa shape index (κ3) is 9.36. The van der Waals surface area contributed by atoms with Crippen molar-refractivity contribution in [2.45, 2.75) is 71.6 Å². The van der Waals surface area contributed by atoms with Gasteiger partial charge in [0.15, 0.2) is 0 Å². The molecule has 0 aromatic rings. The summed E-state index contributed by atoms with van der Waals surface area (Å²) in [5.74, 6) is 2.04. The fourth-order valence-electron chi connectivity index (χ4n) is 2.97. The van der Waals surface area contributed by atoms with Crippen LogP contribution in [0.3, 0.4) is 0 Å². The van der Waals surface area contributed by atoms with E-state index in [1.807, 2.05) is 0 Å². The number of carbonyl (C=O) groups is 1. The van der Waals surface area contributed by atoms with Crippen molar-refractivity contribution in [2.75, 3.05) is 19.6 Å². The molecule has 0 unspecified atom stereocenters. The molecule has 126 valence electrons. The fourth-order valence-corrected chi connectivity index (χ4v) is 2.97. The third-order valence-electron chi connectivity index (χ3n) is 4.46. The molecular weight excluding hydrogens is 284 g/mol. The molecule has 0 aromatic carbocycles. The predicted molar refractivity (Wildman–Crippen MR) is 92.8 cm³/mol. The summed E-state index contributed by atoms with van der Waals surface area (Å²) in [6, 6.07) is 0. The van der Waals surface area contributed by atoms with E-state index < -0.39 is 0 Å². The van der Waals surface area contributed by atoms with Crippen LogP contribution in [0.2, 0.25) is 0 Å². The number of nitrogens with two attached hydrogens (primary N) is 1. The molecule has 1 aliphatic rings. The Hall–Kier alpha value is -0.280. The molecule has 0 bridgehead atoms. The third-order valence-corrected chi connectivity index (χ3v) is 4.46. The minimum Gasteiger partial charge on any atom is -0.343 e. The van der Waals surface area contributed by atoms with Gasteiger partial charge in [-0.25, -0.2) is 0 Å². The molecule has 4 heteroatoms. The van der Waals surface area contributed by atoms with Crippen molar-refractivity contribution in [3.05, 3.63) is 0 Å². The van der Waals surface area contributed by atoms with Gasteiger partial charge >= 0.3 is 0 Å². The van der Waals surface area contributed by atoms with Gasteiger partial charge in [-0.15, -0.1) is 12.4 Å². The van der Waals surface area contributed by atoms with Crippen molar-refractivity contribution in [3.8, 4) is 0 Å². The zero-order valence-corrected chi connectivity index (χ0v) is 14.8. The van der Waals surface area contributed by atoms with Crippen molar-refractivity contribution < 1.29 is 4.79 Å². The van der Waals surface area contributed by atoms with Gasteiger partial charge in [0.2, 0.25) is 5.91 Å². The quantitative estimate of drug-likeness (QED) is 0.653. The number of unbranched alkanes of at least 4 members (excludes halogenated alkanes) is 3. The number of likely N-dealkylation sites (tertiary alicyclic amines) is 1. The van der Waals surface area contributed by atoms with E-state index in [1.54, 1.807) is 0 Å². The minimum atomic E-state index is 0. The SMILES string of the molecule is CC(C)CCC1CCN(C(=O)CCCCCCN)CC1.Cl. The molecule has 1 rings (SSSR count). The summed E-state index contributed by atoms with van der Waals surface area (Å²) in [4.78, 5) is 14.2. The first kappa shape index (κ1) is 20.7. The number of hydrogen-bond donors (Lipinski definition) is 1. The number of halogens is 1. The summed E-state index contributed by atoms with van der Waals surface area (Å²) < 4.78 is 0. The van der Waals surface area contributed by atoms with Crippen LogP contribution in [-0.4, -0.2) is 30.4 Å². The smallest absolute Gasteiger partial charge is 0.222 e. The highest BCUT2D eigenvalue weighted by atomic mass is 35.5. The van der Waals surface area contributed by atoms with Crippen LogP contribution in [0, 0.1) is 11.8 Å². The van der Waals surface area contributed by atoms with Crippen molar-refractivity contribution in [2.24, 2.45) is 17.6 Å². The van der Waals surface area contributed by atoms with Crippen molar-refractivity contribution in [1.82, 2.24) is 4.90 Å². The van der Waals surface area contributed by atoms with Crippen molar-refractivity contribution in [3.63, 3.8) is 0 Å². The van der Waals surface area contributed by atoms with E-state index in [2.05, 4.69) is 18.7 Å². The molecule has 1 aliphatic heterocycles. The van der Waals surface area contributed by atoms with Crippen LogP contribution in [-0.2, 0) is 4.79 Å². The molecule has 1 amide bonds. The summed E-state index contributed by atoms with van der Waals surface area (Å²) in [7, 11) is 0. The topological polar surface area (TPSA) is 46.3 Å². The first-order valence-electron chi connectivity index (χ1n) is 8.61. The molecule has 1 fully saturated rings. The maximum atomic E-state index is 12.1. The van der Waals surface area contributed by atoms with E-state index in [0.717, 1.165) is 57.2 Å². The predicted octanol–water partition coefficient (Wildman–Crippen LogP) is 3.99. The molecule has 21 heavy (non-hydrogen) atoms. The van der Waals surface area contributed by atoms with Gasteiger partial charge in [-0.1, -0.05) is 39.5 Å². The van der Waals surface area contributed by atoms with Crippen LogP contribution in [0.25, 0.3) is 0 Å². The summed E-state index contributed by atoms with van der Waals surface area (Å²) >= 11 is 0. The maximum absolute atomic E-state index is 12.1. The van der Waals surface area contributed by atoms with Crippen molar-refractivity contribution in [1.29, 1.82) is 0 Å². The van der Waals surface area contributed by atoms with E-state index in [-0.39, 0.29) is 12.4 Å². The molecule has 3 nitrogen and oxygen atoms in total. The van der Waals surface area contributed by atoms with Crippen LogP contribution < -0.4 is 5.73 Å². The van der Waals surface area contributed by atoms with E-state index >= 15 is 0 Å². The highest BCUT2D eigenvalue weighted by Crippen LogP contribution is 2.24. The lowest BCUT2D eigenvalue weighted by Crippen LogP contribution is -2.38. The lowest BCUT2D eigenvalue weighted by atomic mass is 9.89. The Morgan fingerprint density at radius 2 is 1.76 bits per heavy atom. The zero-order valence-electron chi connectivity index (χ0n) is 14.0. The van der Waals surface area contributed by atoms with Gasteiger partial charge in [0, 0.05) is 19.5 Å². The first-order valence-corrected chi connectivity index (χ1v) is 8.61. The van der Waals surface area contributed by atoms with E-state index in [0.29, 0.717) is 5.91 Å². The Bertz CT molecular complexity index is 264. The van der Waals surface area contributed by atoms with Gasteiger partial charge in [0.25, 0.3) is 0 Å². The molecule has 0 radical (unpaired) electrons. The zero-order chi connectivity index (χ0) is 14.8. The van der Waals surface area contributed by atoms with Gasteiger partial charge in [0.1, 0.15) is 0 Å². The maximum Gasteiger partial charge on any atom is 0.222 e. The normalized spacial score (nSPS) is 16.1. The van der Waals surface area contributed by atoms with Gasteiger partial charge in [-0.3, -0.25) is 4.79 Å². The van der Waals surface area contributed by atoms with Gasteiger partial charge < -0.3 is 10.6 Å². The summed E-state index contributed by atoms with van der Waals surface area (Å²) in [6.45, 7) is 7.35. The number of piperidine rings is 1. The number of rotatable bonds is 9. The molecular formula is C17H35ClN2O. The van der Waals surface area contributed by atoms with Crippen LogP contribution in [0.1, 0.15) is 71.6 Å². The summed E-state index contributed by atoms with van der Waals surface area (Å²) in [5, 5.41) is 0. The summed E-state index contributed by atoms with van der Waals surface area (Å²) in [6.07, 6.45) is 10.3. The Kier molecular flexibility index (Phi) is 12.1. The van der Waals surface area contributed by atoms with Crippen molar-refractivity contribution >= 4 is 18.3 Å². The Labute approximate surface area is 137 Å². The molecule has 2 N–H and O–H groups in total. The second-order valence-electron chi connectivity index (χ2n) is 6.75. The largest absolute Gasteiger partial charge is 0.343 e. The first-order chi connectivity index (χ1) is 9.63. The number of amides is 1. The number of hydrogen-bond acceptors (Lipinski definition) is 2. The van der Waals surface area contributed by atoms with E-state index in [1.165, 1.54) is 32.1 Å². The van der Waals surface area contributed by atoms with E-state index in [9.17, 15) is 4.79 Å². The highest BCUT2D eigenvalue weighted by Gasteiger charge is 2.22. The second kappa shape index (κ2) is 12.3. The van der Waals surface area contributed by atoms with E-state index in [4.69, 9.17) is 5.73 Å². The van der Waals surface area contributed by atoms with Gasteiger partial charge in [-0.2, -0.15) is 0 Å². The lowest BCUT2D eigenvalue weighted by Gasteiger charge is -2.32. The molecule has 0 aromatic heterocycles. The average Bonchev–Trinajstić information content (AvgIpc) is 2.45. The Morgan fingerprint density at radius 3 is 2.33 bits per heavy atom. The van der Waals surface area contributed by atoms with Crippen LogP contribution in [0.4, 0.5) is 0 Å². The van der Waals surface area contributed by atoms with Gasteiger partial charge in [0.05, 0.1) is 0 Å².